The van der Waals surface area contributed by atoms with Crippen molar-refractivity contribution < 1.29 is 20.1 Å². The second-order valence-corrected chi connectivity index (χ2v) is 4.54. The van der Waals surface area contributed by atoms with Gasteiger partial charge in [0.05, 0.1) is 6.10 Å². The zero-order valence-corrected chi connectivity index (χ0v) is 9.34. The summed E-state index contributed by atoms with van der Waals surface area (Å²) in [6.45, 7) is 3.92. The molecule has 0 aromatic heterocycles. The van der Waals surface area contributed by atoms with Gasteiger partial charge in [-0.1, -0.05) is 13.8 Å². The third kappa shape index (κ3) is 1.80. The molecule has 2 unspecified atom stereocenters. The van der Waals surface area contributed by atoms with Gasteiger partial charge in [-0.3, -0.25) is 0 Å². The third-order valence-corrected chi connectivity index (χ3v) is 2.88. The average molecular weight is 224 g/mol. The topological polar surface area (TPSA) is 69.9 Å². The highest BCUT2D eigenvalue weighted by atomic mass is 16.5. The molecule has 0 fully saturated rings. The van der Waals surface area contributed by atoms with E-state index in [0.717, 1.165) is 0 Å². The maximum atomic E-state index is 9.88. The lowest BCUT2D eigenvalue weighted by atomic mass is 9.92. The molecule has 1 heterocycles. The first-order chi connectivity index (χ1) is 7.49. The van der Waals surface area contributed by atoms with E-state index < -0.39 is 6.10 Å². The lowest BCUT2D eigenvalue weighted by Crippen LogP contribution is -2.41. The van der Waals surface area contributed by atoms with Crippen LogP contribution in [0.4, 0.5) is 0 Å². The summed E-state index contributed by atoms with van der Waals surface area (Å²) in [5.41, 5.74) is 0.558. The number of aromatic hydroxyl groups is 2. The second kappa shape index (κ2) is 3.87. The molecule has 4 heteroatoms. The Labute approximate surface area is 94.1 Å². The molecule has 0 aliphatic carbocycles. The lowest BCUT2D eigenvalue weighted by molar-refractivity contribution is -0.00477. The summed E-state index contributed by atoms with van der Waals surface area (Å²) in [5, 5.41) is 28.9. The van der Waals surface area contributed by atoms with Crippen molar-refractivity contribution in [2.75, 3.05) is 0 Å². The number of hydrogen-bond donors (Lipinski definition) is 3. The monoisotopic (exact) mass is 224 g/mol. The fourth-order valence-corrected chi connectivity index (χ4v) is 2.06. The number of aliphatic hydroxyl groups is 1. The minimum Gasteiger partial charge on any atom is -0.508 e. The van der Waals surface area contributed by atoms with E-state index in [-0.39, 0.29) is 23.5 Å². The van der Waals surface area contributed by atoms with Crippen molar-refractivity contribution >= 4 is 0 Å². The van der Waals surface area contributed by atoms with E-state index in [1.54, 1.807) is 0 Å². The SMILES string of the molecule is CC(C)C1Oc2cc(O)cc(O)c2CC1O. The van der Waals surface area contributed by atoms with Crippen LogP contribution >= 0.6 is 0 Å². The van der Waals surface area contributed by atoms with Crippen LogP contribution in [-0.2, 0) is 6.42 Å². The average Bonchev–Trinajstić information content (AvgIpc) is 2.18. The highest BCUT2D eigenvalue weighted by molar-refractivity contribution is 5.50. The number of ether oxygens (including phenoxy) is 1. The Morgan fingerprint density at radius 1 is 1.31 bits per heavy atom. The van der Waals surface area contributed by atoms with Gasteiger partial charge in [0.25, 0.3) is 0 Å². The van der Waals surface area contributed by atoms with Crippen LogP contribution in [0.15, 0.2) is 12.1 Å². The van der Waals surface area contributed by atoms with Gasteiger partial charge in [-0.25, -0.2) is 0 Å². The first kappa shape index (κ1) is 11.1. The Hall–Kier alpha value is -1.42. The fourth-order valence-electron chi connectivity index (χ4n) is 2.06. The van der Waals surface area contributed by atoms with E-state index in [1.807, 2.05) is 13.8 Å². The van der Waals surface area contributed by atoms with E-state index in [4.69, 9.17) is 4.74 Å². The molecule has 0 bridgehead atoms. The summed E-state index contributed by atoms with van der Waals surface area (Å²) in [7, 11) is 0. The number of hydrogen-bond acceptors (Lipinski definition) is 4. The Bertz CT molecular complexity index is 400. The predicted molar refractivity (Wildman–Crippen MR) is 58.7 cm³/mol. The van der Waals surface area contributed by atoms with Crippen LogP contribution in [0.5, 0.6) is 17.2 Å². The molecule has 2 rings (SSSR count). The molecule has 1 aromatic carbocycles. The van der Waals surface area contributed by atoms with Gasteiger partial charge in [-0.2, -0.15) is 0 Å². The molecular weight excluding hydrogens is 208 g/mol. The molecule has 4 nitrogen and oxygen atoms in total. The Morgan fingerprint density at radius 3 is 2.62 bits per heavy atom. The highest BCUT2D eigenvalue weighted by Crippen LogP contribution is 2.38. The number of rotatable bonds is 1. The van der Waals surface area contributed by atoms with E-state index in [0.29, 0.717) is 17.7 Å². The summed E-state index contributed by atoms with van der Waals surface area (Å²) in [4.78, 5) is 0. The van der Waals surface area contributed by atoms with Crippen LogP contribution in [0.25, 0.3) is 0 Å². The summed E-state index contributed by atoms with van der Waals surface area (Å²) in [6.07, 6.45) is -0.568. The van der Waals surface area contributed by atoms with Crippen molar-refractivity contribution in [3.8, 4) is 17.2 Å². The molecule has 0 spiro atoms. The molecule has 0 amide bonds. The number of fused-ring (bicyclic) bond motifs is 1. The number of phenolic OH excluding ortho intramolecular Hbond substituents is 2. The normalized spacial score (nSPS) is 24.0. The minimum atomic E-state index is -0.622. The third-order valence-electron chi connectivity index (χ3n) is 2.88. The van der Waals surface area contributed by atoms with Crippen molar-refractivity contribution in [3.05, 3.63) is 17.7 Å². The van der Waals surface area contributed by atoms with Gasteiger partial charge in [0, 0.05) is 24.1 Å². The molecule has 1 aliphatic rings. The lowest BCUT2D eigenvalue weighted by Gasteiger charge is -2.33. The zero-order valence-electron chi connectivity index (χ0n) is 9.34. The van der Waals surface area contributed by atoms with E-state index in [1.165, 1.54) is 12.1 Å². The van der Waals surface area contributed by atoms with Crippen molar-refractivity contribution in [1.29, 1.82) is 0 Å². The number of aliphatic hydroxyl groups excluding tert-OH is 1. The summed E-state index contributed by atoms with van der Waals surface area (Å²) >= 11 is 0. The molecule has 88 valence electrons. The van der Waals surface area contributed by atoms with Gasteiger partial charge in [0.1, 0.15) is 23.4 Å². The second-order valence-electron chi connectivity index (χ2n) is 4.54. The predicted octanol–water partition coefficient (Wildman–Crippen LogP) is 1.42. The van der Waals surface area contributed by atoms with Gasteiger partial charge in [-0.15, -0.1) is 0 Å². The van der Waals surface area contributed by atoms with Crippen LogP contribution in [0.2, 0.25) is 0 Å². The van der Waals surface area contributed by atoms with Gasteiger partial charge in [0.15, 0.2) is 0 Å². The van der Waals surface area contributed by atoms with E-state index in [2.05, 4.69) is 0 Å². The van der Waals surface area contributed by atoms with Gasteiger partial charge in [-0.05, 0) is 5.92 Å². The number of benzene rings is 1. The summed E-state index contributed by atoms with van der Waals surface area (Å²) in [6, 6.07) is 2.72. The Kier molecular flexibility index (Phi) is 2.68. The molecule has 1 aromatic rings. The molecule has 2 atom stereocenters. The van der Waals surface area contributed by atoms with Crippen LogP contribution in [0.1, 0.15) is 19.4 Å². The van der Waals surface area contributed by atoms with Crippen molar-refractivity contribution in [3.63, 3.8) is 0 Å². The van der Waals surface area contributed by atoms with Gasteiger partial charge < -0.3 is 20.1 Å². The van der Waals surface area contributed by atoms with Crippen LogP contribution in [0, 0.1) is 5.92 Å². The van der Waals surface area contributed by atoms with Gasteiger partial charge in [0.2, 0.25) is 0 Å². The number of phenols is 2. The minimum absolute atomic E-state index is 0.0312. The standard InChI is InChI=1S/C12H16O4/c1-6(2)12-10(15)5-8-9(14)3-7(13)4-11(8)16-12/h3-4,6,10,12-15H,5H2,1-2H3. The van der Waals surface area contributed by atoms with Crippen LogP contribution in [0.3, 0.4) is 0 Å². The first-order valence-corrected chi connectivity index (χ1v) is 5.38. The first-order valence-electron chi connectivity index (χ1n) is 5.38. The molecule has 0 saturated carbocycles. The zero-order chi connectivity index (χ0) is 11.9. The molecule has 16 heavy (non-hydrogen) atoms. The maximum absolute atomic E-state index is 9.88. The molecule has 3 N–H and O–H groups in total. The van der Waals surface area contributed by atoms with E-state index in [9.17, 15) is 15.3 Å². The maximum Gasteiger partial charge on any atom is 0.130 e. The van der Waals surface area contributed by atoms with Crippen molar-refractivity contribution in [1.82, 2.24) is 0 Å². The molecule has 0 radical (unpaired) electrons. The highest BCUT2D eigenvalue weighted by Gasteiger charge is 2.32. The van der Waals surface area contributed by atoms with Crippen molar-refractivity contribution in [2.45, 2.75) is 32.5 Å². The van der Waals surface area contributed by atoms with Crippen LogP contribution < -0.4 is 4.74 Å². The molecule has 0 saturated heterocycles. The fraction of sp³-hybridized carbons (Fsp3) is 0.500. The molecule has 1 aliphatic heterocycles. The Balaban J connectivity index is 2.39. The van der Waals surface area contributed by atoms with E-state index >= 15 is 0 Å². The smallest absolute Gasteiger partial charge is 0.130 e. The summed E-state index contributed by atoms with van der Waals surface area (Å²) in [5.74, 6) is 0.570. The van der Waals surface area contributed by atoms with Gasteiger partial charge >= 0.3 is 0 Å². The Morgan fingerprint density at radius 2 is 2.00 bits per heavy atom. The summed E-state index contributed by atoms with van der Waals surface area (Å²) < 4.78 is 5.60. The van der Waals surface area contributed by atoms with Crippen molar-refractivity contribution in [2.24, 2.45) is 5.92 Å². The molecular formula is C12H16O4. The largest absolute Gasteiger partial charge is 0.508 e. The quantitative estimate of drug-likeness (QED) is 0.674. The van der Waals surface area contributed by atoms with Crippen LogP contribution in [-0.4, -0.2) is 27.5 Å².